The van der Waals surface area contributed by atoms with Gasteiger partial charge in [0.1, 0.15) is 11.6 Å². The fourth-order valence-electron chi connectivity index (χ4n) is 4.01. The van der Waals surface area contributed by atoms with Crippen molar-refractivity contribution in [1.82, 2.24) is 29.9 Å². The smallest absolute Gasteiger partial charge is 0.406 e. The van der Waals surface area contributed by atoms with Gasteiger partial charge in [-0.3, -0.25) is 9.67 Å². The molecule has 0 spiro atoms. The molecule has 4 aromatic heterocycles. The Kier molecular flexibility index (Phi) is 7.58. The molecule has 0 N–H and O–H groups in total. The zero-order valence-electron chi connectivity index (χ0n) is 21.4. The molecule has 0 aliphatic carbocycles. The van der Waals surface area contributed by atoms with Gasteiger partial charge in [-0.15, -0.1) is 13.2 Å². The largest absolute Gasteiger partial charge is 0.573 e. The summed E-state index contributed by atoms with van der Waals surface area (Å²) in [5.41, 5.74) is 3.99. The first-order valence-electron chi connectivity index (χ1n) is 12.2. The van der Waals surface area contributed by atoms with Crippen LogP contribution in [0.2, 0.25) is 0 Å². The predicted molar refractivity (Wildman–Crippen MR) is 141 cm³/mol. The SMILES string of the molecule is C=CN(CCc1ccncc1)c1cc(Cn2nc(-c3nc(-c4ccc(OC(F)(F)F)cc4)no3)cc2C)ccn1. The molecule has 12 heteroatoms. The molecule has 0 fully saturated rings. The number of benzene rings is 1. The third-order valence-electron chi connectivity index (χ3n) is 6.02. The number of ether oxygens (including phenoxy) is 1. The molecule has 4 heterocycles. The highest BCUT2D eigenvalue weighted by molar-refractivity contribution is 5.59. The Hall–Kier alpha value is -5.00. The highest BCUT2D eigenvalue weighted by Crippen LogP contribution is 2.27. The predicted octanol–water partition coefficient (Wildman–Crippen LogP) is 5.84. The van der Waals surface area contributed by atoms with Gasteiger partial charge in [-0.2, -0.15) is 10.1 Å². The van der Waals surface area contributed by atoms with Gasteiger partial charge in [0.15, 0.2) is 5.69 Å². The van der Waals surface area contributed by atoms with E-state index in [1.807, 2.05) is 46.8 Å². The number of pyridine rings is 2. The Bertz CT molecular complexity index is 1580. The van der Waals surface area contributed by atoms with E-state index in [0.717, 1.165) is 23.5 Å². The minimum atomic E-state index is -4.76. The van der Waals surface area contributed by atoms with Crippen molar-refractivity contribution >= 4 is 5.82 Å². The molecule has 0 amide bonds. The maximum absolute atomic E-state index is 12.4. The molecule has 204 valence electrons. The average molecular weight is 548 g/mol. The first kappa shape index (κ1) is 26.6. The maximum atomic E-state index is 12.4. The van der Waals surface area contributed by atoms with Crippen LogP contribution in [0.25, 0.3) is 23.0 Å². The molecule has 0 aliphatic rings. The summed E-state index contributed by atoms with van der Waals surface area (Å²) < 4.78 is 48.3. The van der Waals surface area contributed by atoms with Crippen molar-refractivity contribution in [2.24, 2.45) is 0 Å². The highest BCUT2D eigenvalue weighted by atomic mass is 19.4. The van der Waals surface area contributed by atoms with E-state index in [1.54, 1.807) is 24.8 Å². The van der Waals surface area contributed by atoms with E-state index in [1.165, 1.54) is 29.8 Å². The highest BCUT2D eigenvalue weighted by Gasteiger charge is 2.31. The Balaban J connectivity index is 1.27. The lowest BCUT2D eigenvalue weighted by Gasteiger charge is -2.19. The van der Waals surface area contributed by atoms with E-state index in [0.29, 0.717) is 24.3 Å². The van der Waals surface area contributed by atoms with Gasteiger partial charge >= 0.3 is 6.36 Å². The van der Waals surface area contributed by atoms with Crippen LogP contribution in [0.5, 0.6) is 5.75 Å². The quantitative estimate of drug-likeness (QED) is 0.215. The lowest BCUT2D eigenvalue weighted by atomic mass is 10.2. The van der Waals surface area contributed by atoms with Crippen LogP contribution in [0.15, 0.2) is 90.5 Å². The standard InChI is InChI=1S/C28H24F3N7O2/c1-3-37(15-11-20-8-12-32-13-9-20)25-17-21(10-14-33-25)18-38-19(2)16-24(35-38)27-34-26(36-40-27)22-4-6-23(7-5-22)39-28(29,30)31/h3-10,12-14,16-17H,1,11,15,18H2,2H3. The van der Waals surface area contributed by atoms with E-state index < -0.39 is 6.36 Å². The van der Waals surface area contributed by atoms with E-state index >= 15 is 0 Å². The molecule has 40 heavy (non-hydrogen) atoms. The van der Waals surface area contributed by atoms with Crippen LogP contribution in [0.1, 0.15) is 16.8 Å². The van der Waals surface area contributed by atoms with Crippen LogP contribution in [0, 0.1) is 6.92 Å². The van der Waals surface area contributed by atoms with Gasteiger partial charge in [0.05, 0.1) is 6.54 Å². The summed E-state index contributed by atoms with van der Waals surface area (Å²) >= 11 is 0. The van der Waals surface area contributed by atoms with Crippen molar-refractivity contribution in [3.8, 4) is 28.7 Å². The molecule has 0 unspecified atom stereocenters. The molecule has 1 aromatic carbocycles. The molecule has 9 nitrogen and oxygen atoms in total. The van der Waals surface area contributed by atoms with Crippen molar-refractivity contribution < 1.29 is 22.4 Å². The minimum absolute atomic E-state index is 0.192. The fraction of sp³-hybridized carbons (Fsp3) is 0.179. The van der Waals surface area contributed by atoms with Crippen LogP contribution >= 0.6 is 0 Å². The molecule has 0 aliphatic heterocycles. The molecular weight excluding hydrogens is 523 g/mol. The molecule has 5 aromatic rings. The lowest BCUT2D eigenvalue weighted by molar-refractivity contribution is -0.274. The maximum Gasteiger partial charge on any atom is 0.573 e. The van der Waals surface area contributed by atoms with Crippen molar-refractivity contribution in [3.63, 3.8) is 0 Å². The van der Waals surface area contributed by atoms with Gasteiger partial charge in [-0.25, -0.2) is 4.98 Å². The summed E-state index contributed by atoms with van der Waals surface area (Å²) in [4.78, 5) is 14.9. The average Bonchev–Trinajstić information content (AvgIpc) is 3.57. The van der Waals surface area contributed by atoms with Crippen molar-refractivity contribution in [1.29, 1.82) is 0 Å². The summed E-state index contributed by atoms with van der Waals surface area (Å²) in [6, 6.07) is 14.9. The second-order valence-corrected chi connectivity index (χ2v) is 8.83. The first-order chi connectivity index (χ1) is 19.3. The second-order valence-electron chi connectivity index (χ2n) is 8.83. The third-order valence-corrected chi connectivity index (χ3v) is 6.02. The number of aryl methyl sites for hydroxylation is 1. The minimum Gasteiger partial charge on any atom is -0.406 e. The number of hydrogen-bond acceptors (Lipinski definition) is 8. The summed E-state index contributed by atoms with van der Waals surface area (Å²) in [6.45, 7) is 7.05. The molecule has 0 saturated heterocycles. The topological polar surface area (TPSA) is 95.0 Å². The molecular formula is C28H24F3N7O2. The fourth-order valence-corrected chi connectivity index (χ4v) is 4.01. The van der Waals surface area contributed by atoms with Crippen LogP contribution in [0.3, 0.4) is 0 Å². The zero-order valence-corrected chi connectivity index (χ0v) is 21.4. The van der Waals surface area contributed by atoms with Gasteiger partial charge in [0.2, 0.25) is 5.82 Å². The van der Waals surface area contributed by atoms with Crippen molar-refractivity contribution in [3.05, 3.63) is 103 Å². The molecule has 0 atom stereocenters. The summed E-state index contributed by atoms with van der Waals surface area (Å²) in [5, 5.41) is 8.57. The van der Waals surface area contributed by atoms with Crippen LogP contribution < -0.4 is 9.64 Å². The Morgan fingerprint density at radius 2 is 1.77 bits per heavy atom. The lowest BCUT2D eigenvalue weighted by Crippen LogP contribution is -2.20. The van der Waals surface area contributed by atoms with Crippen LogP contribution in [0.4, 0.5) is 19.0 Å². The zero-order chi connectivity index (χ0) is 28.1. The summed E-state index contributed by atoms with van der Waals surface area (Å²) in [7, 11) is 0. The summed E-state index contributed by atoms with van der Waals surface area (Å²) in [6.07, 6.45) is 3.12. The molecule has 0 radical (unpaired) electrons. The normalized spacial score (nSPS) is 11.4. The van der Waals surface area contributed by atoms with E-state index in [2.05, 4.69) is 36.5 Å². The number of anilines is 1. The Morgan fingerprint density at radius 3 is 2.50 bits per heavy atom. The van der Waals surface area contributed by atoms with E-state index in [4.69, 9.17) is 4.52 Å². The monoisotopic (exact) mass is 547 g/mol. The van der Waals surface area contributed by atoms with Crippen LogP contribution in [-0.2, 0) is 13.0 Å². The van der Waals surface area contributed by atoms with E-state index in [-0.39, 0.29) is 17.5 Å². The molecule has 5 rings (SSSR count). The number of hydrogen-bond donors (Lipinski definition) is 0. The van der Waals surface area contributed by atoms with Crippen molar-refractivity contribution in [2.75, 3.05) is 11.4 Å². The van der Waals surface area contributed by atoms with Gasteiger partial charge in [0.25, 0.3) is 5.89 Å². The number of rotatable bonds is 10. The Labute approximate surface area is 227 Å². The van der Waals surface area contributed by atoms with Gasteiger partial charge < -0.3 is 14.2 Å². The summed E-state index contributed by atoms with van der Waals surface area (Å²) in [5.74, 6) is 0.853. The van der Waals surface area contributed by atoms with Gasteiger partial charge in [-0.05, 0) is 85.3 Å². The van der Waals surface area contributed by atoms with Crippen LogP contribution in [-0.4, -0.2) is 42.8 Å². The van der Waals surface area contributed by atoms with Crippen molar-refractivity contribution in [2.45, 2.75) is 26.3 Å². The third kappa shape index (κ3) is 6.52. The second kappa shape index (κ2) is 11.4. The number of nitrogens with zero attached hydrogens (tertiary/aromatic N) is 7. The Morgan fingerprint density at radius 1 is 1.02 bits per heavy atom. The van der Waals surface area contributed by atoms with Gasteiger partial charge in [-0.1, -0.05) is 11.7 Å². The van der Waals surface area contributed by atoms with E-state index in [9.17, 15) is 13.2 Å². The molecule has 0 bridgehead atoms. The van der Waals surface area contributed by atoms with Gasteiger partial charge in [0, 0.05) is 36.4 Å². The first-order valence-corrected chi connectivity index (χ1v) is 12.2. The molecule has 0 saturated carbocycles. The number of aromatic nitrogens is 6. The number of alkyl halides is 3. The number of halogens is 3.